The first kappa shape index (κ1) is 17.1. The summed E-state index contributed by atoms with van der Waals surface area (Å²) < 4.78 is 5.53. The fraction of sp³-hybridized carbons (Fsp3) is 0.357. The van der Waals surface area contributed by atoms with Crippen molar-refractivity contribution in [1.82, 2.24) is 15.1 Å². The zero-order chi connectivity index (χ0) is 16.1. The maximum absolute atomic E-state index is 11.9. The summed E-state index contributed by atoms with van der Waals surface area (Å²) in [5, 5.41) is 9.18. The van der Waals surface area contributed by atoms with Crippen LogP contribution in [0.15, 0.2) is 27.8 Å². The molecule has 0 unspecified atom stereocenters. The number of thioether (sulfide) groups is 1. The molecule has 1 aromatic heterocycles. The lowest BCUT2D eigenvalue weighted by molar-refractivity contribution is -0.127. The van der Waals surface area contributed by atoms with Crippen LogP contribution in [0.2, 0.25) is 10.0 Å². The highest BCUT2D eigenvalue weighted by Crippen LogP contribution is 2.31. The van der Waals surface area contributed by atoms with Gasteiger partial charge in [0.05, 0.1) is 16.3 Å². The zero-order valence-corrected chi connectivity index (χ0v) is 14.5. The summed E-state index contributed by atoms with van der Waals surface area (Å²) in [5.74, 6) is 0.608. The molecule has 0 saturated heterocycles. The molecule has 0 saturated carbocycles. The Hall–Kier alpha value is -1.24. The van der Waals surface area contributed by atoms with E-state index >= 15 is 0 Å². The lowest BCUT2D eigenvalue weighted by atomic mass is 10.2. The predicted molar refractivity (Wildman–Crippen MR) is 88.4 cm³/mol. The minimum absolute atomic E-state index is 0.0410. The third kappa shape index (κ3) is 4.15. The number of hydrogen-bond donors (Lipinski definition) is 0. The number of hydrogen-bond acceptors (Lipinski definition) is 5. The zero-order valence-electron chi connectivity index (χ0n) is 12.2. The molecule has 0 radical (unpaired) electrons. The fourth-order valence-electron chi connectivity index (χ4n) is 1.83. The van der Waals surface area contributed by atoms with Gasteiger partial charge in [-0.1, -0.05) is 35.0 Å². The van der Waals surface area contributed by atoms with Crippen molar-refractivity contribution >= 4 is 40.9 Å². The minimum atomic E-state index is 0.0410. The highest BCUT2D eigenvalue weighted by Gasteiger charge is 2.15. The normalized spacial score (nSPS) is 10.7. The van der Waals surface area contributed by atoms with Gasteiger partial charge in [0, 0.05) is 18.1 Å². The van der Waals surface area contributed by atoms with Crippen LogP contribution < -0.4 is 0 Å². The number of rotatable bonds is 6. The first-order valence-corrected chi connectivity index (χ1v) is 8.48. The van der Waals surface area contributed by atoms with E-state index in [1.54, 1.807) is 23.1 Å². The van der Waals surface area contributed by atoms with E-state index in [0.29, 0.717) is 39.8 Å². The van der Waals surface area contributed by atoms with Gasteiger partial charge in [0.1, 0.15) is 0 Å². The quantitative estimate of drug-likeness (QED) is 0.729. The lowest BCUT2D eigenvalue weighted by Crippen LogP contribution is -2.31. The molecule has 2 aromatic rings. The van der Waals surface area contributed by atoms with Crippen molar-refractivity contribution in [2.75, 3.05) is 18.8 Å². The molecule has 0 aliphatic rings. The molecule has 5 nitrogen and oxygen atoms in total. The molecule has 1 amide bonds. The monoisotopic (exact) mass is 359 g/mol. The molecule has 0 aliphatic carbocycles. The average molecular weight is 360 g/mol. The molecule has 118 valence electrons. The largest absolute Gasteiger partial charge is 0.411 e. The summed E-state index contributed by atoms with van der Waals surface area (Å²) in [4.78, 5) is 13.7. The number of halogens is 2. The molecule has 2 rings (SSSR count). The smallest absolute Gasteiger partial charge is 0.277 e. The Balaban J connectivity index is 2.04. The molecule has 0 atom stereocenters. The second-order valence-electron chi connectivity index (χ2n) is 4.35. The predicted octanol–water partition coefficient (Wildman–Crippen LogP) is 4.00. The van der Waals surface area contributed by atoms with Crippen LogP contribution in [0.4, 0.5) is 0 Å². The van der Waals surface area contributed by atoms with Gasteiger partial charge in [-0.05, 0) is 32.0 Å². The maximum atomic E-state index is 11.9. The van der Waals surface area contributed by atoms with Crippen LogP contribution in [0.5, 0.6) is 0 Å². The van der Waals surface area contributed by atoms with Crippen molar-refractivity contribution in [3.63, 3.8) is 0 Å². The van der Waals surface area contributed by atoms with Crippen LogP contribution in [0.1, 0.15) is 13.8 Å². The van der Waals surface area contributed by atoms with Crippen LogP contribution >= 0.6 is 35.0 Å². The van der Waals surface area contributed by atoms with Gasteiger partial charge >= 0.3 is 0 Å². The molecule has 1 aromatic carbocycles. The number of carbonyl (C=O) groups is 1. The van der Waals surface area contributed by atoms with Crippen molar-refractivity contribution < 1.29 is 9.21 Å². The van der Waals surface area contributed by atoms with Gasteiger partial charge in [-0.3, -0.25) is 4.79 Å². The number of amides is 1. The molecule has 0 aliphatic heterocycles. The van der Waals surface area contributed by atoms with Crippen LogP contribution in [0.25, 0.3) is 11.5 Å². The van der Waals surface area contributed by atoms with E-state index in [0.717, 1.165) is 0 Å². The van der Waals surface area contributed by atoms with E-state index in [2.05, 4.69) is 10.2 Å². The van der Waals surface area contributed by atoms with Gasteiger partial charge in [-0.25, -0.2) is 0 Å². The third-order valence-electron chi connectivity index (χ3n) is 3.00. The van der Waals surface area contributed by atoms with Crippen LogP contribution in [0.3, 0.4) is 0 Å². The maximum Gasteiger partial charge on any atom is 0.277 e. The molecule has 0 bridgehead atoms. The number of carbonyl (C=O) groups excluding carboxylic acids is 1. The Kier molecular flexibility index (Phi) is 6.11. The van der Waals surface area contributed by atoms with Crippen LogP contribution in [-0.2, 0) is 4.79 Å². The van der Waals surface area contributed by atoms with E-state index in [1.807, 2.05) is 13.8 Å². The van der Waals surface area contributed by atoms with Crippen LogP contribution in [0, 0.1) is 0 Å². The molecule has 22 heavy (non-hydrogen) atoms. The fourth-order valence-corrected chi connectivity index (χ4v) is 2.99. The van der Waals surface area contributed by atoms with Gasteiger partial charge in [0.25, 0.3) is 5.22 Å². The molecule has 0 N–H and O–H groups in total. The standard InChI is InChI=1S/C14H15Cl2N3O2S/c1-3-19(4-2)12(20)8-22-14-18-17-13(21-14)10-6-5-9(15)7-11(10)16/h5-7H,3-4,8H2,1-2H3. The molecular weight excluding hydrogens is 345 g/mol. The second kappa shape index (κ2) is 7.85. The van der Waals surface area contributed by atoms with Crippen molar-refractivity contribution in [2.24, 2.45) is 0 Å². The van der Waals surface area contributed by atoms with E-state index in [9.17, 15) is 4.79 Å². The number of benzene rings is 1. The lowest BCUT2D eigenvalue weighted by Gasteiger charge is -2.17. The summed E-state index contributed by atoms with van der Waals surface area (Å²) in [5.41, 5.74) is 0.612. The Morgan fingerprint density at radius 1 is 1.27 bits per heavy atom. The molecule has 0 fully saturated rings. The van der Waals surface area contributed by atoms with Gasteiger partial charge < -0.3 is 9.32 Å². The summed E-state index contributed by atoms with van der Waals surface area (Å²) >= 11 is 13.2. The van der Waals surface area contributed by atoms with Crippen molar-refractivity contribution in [1.29, 1.82) is 0 Å². The van der Waals surface area contributed by atoms with Gasteiger partial charge in [0.15, 0.2) is 0 Å². The van der Waals surface area contributed by atoms with Crippen molar-refractivity contribution in [2.45, 2.75) is 19.1 Å². The Bertz CT molecular complexity index is 659. The molecule has 8 heteroatoms. The molecular formula is C14H15Cl2N3O2S. The van der Waals surface area contributed by atoms with Crippen molar-refractivity contribution in [3.05, 3.63) is 28.2 Å². The summed E-state index contributed by atoms with van der Waals surface area (Å²) in [6.45, 7) is 5.26. The highest BCUT2D eigenvalue weighted by atomic mass is 35.5. The summed E-state index contributed by atoms with van der Waals surface area (Å²) in [6.07, 6.45) is 0. The topological polar surface area (TPSA) is 59.2 Å². The summed E-state index contributed by atoms with van der Waals surface area (Å²) in [7, 11) is 0. The summed E-state index contributed by atoms with van der Waals surface area (Å²) in [6, 6.07) is 5.02. The number of nitrogens with zero attached hydrogens (tertiary/aromatic N) is 3. The first-order chi connectivity index (χ1) is 10.5. The Morgan fingerprint density at radius 2 is 2.00 bits per heavy atom. The number of aromatic nitrogens is 2. The van der Waals surface area contributed by atoms with E-state index in [1.165, 1.54) is 11.8 Å². The van der Waals surface area contributed by atoms with E-state index < -0.39 is 0 Å². The SMILES string of the molecule is CCN(CC)C(=O)CSc1nnc(-c2ccc(Cl)cc2Cl)o1. The molecule has 1 heterocycles. The van der Waals surface area contributed by atoms with Crippen molar-refractivity contribution in [3.8, 4) is 11.5 Å². The van der Waals surface area contributed by atoms with Crippen LogP contribution in [-0.4, -0.2) is 39.8 Å². The van der Waals surface area contributed by atoms with E-state index in [4.69, 9.17) is 27.6 Å². The first-order valence-electron chi connectivity index (χ1n) is 6.74. The highest BCUT2D eigenvalue weighted by molar-refractivity contribution is 7.99. The van der Waals surface area contributed by atoms with Gasteiger partial charge in [-0.2, -0.15) is 0 Å². The van der Waals surface area contributed by atoms with E-state index in [-0.39, 0.29) is 11.7 Å². The molecule has 0 spiro atoms. The van der Waals surface area contributed by atoms with Gasteiger partial charge in [-0.15, -0.1) is 10.2 Å². The third-order valence-corrected chi connectivity index (χ3v) is 4.35. The average Bonchev–Trinajstić information content (AvgIpc) is 2.95. The Morgan fingerprint density at radius 3 is 2.64 bits per heavy atom. The Labute approximate surface area is 143 Å². The second-order valence-corrected chi connectivity index (χ2v) is 6.12. The van der Waals surface area contributed by atoms with Gasteiger partial charge in [0.2, 0.25) is 11.8 Å². The minimum Gasteiger partial charge on any atom is -0.411 e.